The van der Waals surface area contributed by atoms with Gasteiger partial charge in [-0.05, 0) is 18.8 Å². The fourth-order valence-electron chi connectivity index (χ4n) is 1.56. The summed E-state index contributed by atoms with van der Waals surface area (Å²) in [5, 5.41) is 0. The zero-order chi connectivity index (χ0) is 7.40. The maximum Gasteiger partial charge on any atom is 0.0234 e. The Labute approximate surface area is 64.0 Å². The van der Waals surface area contributed by atoms with Crippen LogP contribution < -0.4 is 0 Å². The summed E-state index contributed by atoms with van der Waals surface area (Å²) in [6.07, 6.45) is 12.0. The fourth-order valence-corrected chi connectivity index (χ4v) is 1.56. The molecule has 0 saturated heterocycles. The highest BCUT2D eigenvalue weighted by atomic mass is 14.2. The van der Waals surface area contributed by atoms with Crippen molar-refractivity contribution in [3.8, 4) is 12.3 Å². The third-order valence-electron chi connectivity index (χ3n) is 2.36. The van der Waals surface area contributed by atoms with E-state index >= 15 is 0 Å². The first kappa shape index (κ1) is 7.66. The average molecular weight is 135 g/mol. The van der Waals surface area contributed by atoms with Gasteiger partial charge in [-0.3, -0.25) is 0 Å². The minimum absolute atomic E-state index is 0.431. The smallest absolute Gasteiger partial charge is 0.0234 e. The molecule has 0 heteroatoms. The molecule has 55 valence electrons. The standard InChI is InChI=1S/C10H15/c1-3-9(2)10-7-5-4-6-8-10/h1,9H,4-8H2,2H3. The number of rotatable bonds is 1. The average Bonchev–Trinajstić information content (AvgIpc) is 2.05. The van der Waals surface area contributed by atoms with Gasteiger partial charge in [0.2, 0.25) is 0 Å². The van der Waals surface area contributed by atoms with Crippen LogP contribution in [0.2, 0.25) is 0 Å². The molecule has 1 fully saturated rings. The van der Waals surface area contributed by atoms with Gasteiger partial charge < -0.3 is 0 Å². The molecule has 0 N–H and O–H groups in total. The lowest BCUT2D eigenvalue weighted by atomic mass is 9.81. The highest BCUT2D eigenvalue weighted by Crippen LogP contribution is 2.31. The molecule has 0 aromatic heterocycles. The van der Waals surface area contributed by atoms with E-state index in [1.807, 2.05) is 0 Å². The van der Waals surface area contributed by atoms with Crippen LogP contribution in [0.25, 0.3) is 0 Å². The van der Waals surface area contributed by atoms with Crippen molar-refractivity contribution in [2.24, 2.45) is 5.92 Å². The second kappa shape index (κ2) is 3.66. The number of terminal acetylenes is 1. The van der Waals surface area contributed by atoms with Crippen molar-refractivity contribution in [2.45, 2.75) is 39.0 Å². The van der Waals surface area contributed by atoms with Gasteiger partial charge in [-0.2, -0.15) is 0 Å². The molecule has 1 unspecified atom stereocenters. The first-order valence-corrected chi connectivity index (χ1v) is 4.15. The maximum atomic E-state index is 5.33. The van der Waals surface area contributed by atoms with Crippen LogP contribution in [0, 0.1) is 24.2 Å². The first-order chi connectivity index (χ1) is 4.84. The second-order valence-corrected chi connectivity index (χ2v) is 3.11. The Morgan fingerprint density at radius 2 is 1.90 bits per heavy atom. The van der Waals surface area contributed by atoms with Crippen LogP contribution in [0.4, 0.5) is 0 Å². The van der Waals surface area contributed by atoms with Gasteiger partial charge in [0.15, 0.2) is 0 Å². The van der Waals surface area contributed by atoms with Crippen molar-refractivity contribution in [3.63, 3.8) is 0 Å². The van der Waals surface area contributed by atoms with Gasteiger partial charge in [0.25, 0.3) is 0 Å². The summed E-state index contributed by atoms with van der Waals surface area (Å²) in [7, 11) is 0. The van der Waals surface area contributed by atoms with Crippen molar-refractivity contribution in [1.29, 1.82) is 0 Å². The topological polar surface area (TPSA) is 0 Å². The molecule has 0 aromatic carbocycles. The van der Waals surface area contributed by atoms with Crippen LogP contribution in [0.15, 0.2) is 0 Å². The minimum Gasteiger partial charge on any atom is -0.120 e. The van der Waals surface area contributed by atoms with E-state index < -0.39 is 0 Å². The largest absolute Gasteiger partial charge is 0.120 e. The molecule has 1 saturated carbocycles. The van der Waals surface area contributed by atoms with Gasteiger partial charge in [-0.1, -0.05) is 26.2 Å². The zero-order valence-electron chi connectivity index (χ0n) is 6.69. The number of hydrogen-bond donors (Lipinski definition) is 0. The highest BCUT2D eigenvalue weighted by Gasteiger charge is 2.18. The van der Waals surface area contributed by atoms with Gasteiger partial charge in [-0.15, -0.1) is 12.3 Å². The predicted octanol–water partition coefficient (Wildman–Crippen LogP) is 2.79. The molecule has 0 spiro atoms. The van der Waals surface area contributed by atoms with Crippen LogP contribution in [0.3, 0.4) is 0 Å². The van der Waals surface area contributed by atoms with E-state index in [0.29, 0.717) is 5.92 Å². The van der Waals surface area contributed by atoms with E-state index in [-0.39, 0.29) is 0 Å². The third kappa shape index (κ3) is 1.77. The third-order valence-corrected chi connectivity index (χ3v) is 2.36. The molecule has 1 rings (SSSR count). The second-order valence-electron chi connectivity index (χ2n) is 3.11. The van der Waals surface area contributed by atoms with Gasteiger partial charge in [0, 0.05) is 5.92 Å². The Bertz CT molecular complexity index is 123. The van der Waals surface area contributed by atoms with E-state index in [2.05, 4.69) is 12.8 Å². The molecule has 0 heterocycles. The van der Waals surface area contributed by atoms with Gasteiger partial charge in [0.1, 0.15) is 0 Å². The molecule has 0 amide bonds. The predicted molar refractivity (Wildman–Crippen MR) is 44.3 cm³/mol. The summed E-state index contributed by atoms with van der Waals surface area (Å²) in [4.78, 5) is 0. The lowest BCUT2D eigenvalue weighted by molar-refractivity contribution is 0.482. The normalized spacial score (nSPS) is 23.6. The molecular formula is C10H15. The maximum absolute atomic E-state index is 5.33. The lowest BCUT2D eigenvalue weighted by Gasteiger charge is -2.23. The fraction of sp³-hybridized carbons (Fsp3) is 0.700. The number of hydrogen-bond acceptors (Lipinski definition) is 0. The van der Waals surface area contributed by atoms with Crippen molar-refractivity contribution >= 4 is 0 Å². The van der Waals surface area contributed by atoms with E-state index in [9.17, 15) is 0 Å². The van der Waals surface area contributed by atoms with Crippen molar-refractivity contribution in [2.75, 3.05) is 0 Å². The molecule has 1 aliphatic rings. The quantitative estimate of drug-likeness (QED) is 0.485. The Hall–Kier alpha value is -0.440. The molecule has 1 radical (unpaired) electrons. The molecule has 1 aliphatic carbocycles. The monoisotopic (exact) mass is 135 g/mol. The lowest BCUT2D eigenvalue weighted by Crippen LogP contribution is -2.11. The summed E-state index contributed by atoms with van der Waals surface area (Å²) >= 11 is 0. The van der Waals surface area contributed by atoms with Crippen molar-refractivity contribution in [1.82, 2.24) is 0 Å². The first-order valence-electron chi connectivity index (χ1n) is 4.15. The Kier molecular flexibility index (Phi) is 2.81. The molecular weight excluding hydrogens is 120 g/mol. The van der Waals surface area contributed by atoms with Crippen molar-refractivity contribution < 1.29 is 0 Å². The van der Waals surface area contributed by atoms with E-state index in [1.165, 1.54) is 32.1 Å². The zero-order valence-corrected chi connectivity index (χ0v) is 6.69. The molecule has 10 heavy (non-hydrogen) atoms. The Morgan fingerprint density at radius 3 is 2.40 bits per heavy atom. The van der Waals surface area contributed by atoms with E-state index in [0.717, 1.165) is 0 Å². The van der Waals surface area contributed by atoms with Crippen LogP contribution in [0.5, 0.6) is 0 Å². The Morgan fingerprint density at radius 1 is 1.30 bits per heavy atom. The SMILES string of the molecule is C#CC(C)[C]1CCCCC1. The summed E-state index contributed by atoms with van der Waals surface area (Å²) in [5.41, 5.74) is 0. The van der Waals surface area contributed by atoms with Crippen LogP contribution in [-0.4, -0.2) is 0 Å². The summed E-state index contributed by atoms with van der Waals surface area (Å²) in [6, 6.07) is 0. The minimum atomic E-state index is 0.431. The van der Waals surface area contributed by atoms with Crippen molar-refractivity contribution in [3.05, 3.63) is 5.92 Å². The molecule has 0 bridgehead atoms. The van der Waals surface area contributed by atoms with Crippen LogP contribution in [-0.2, 0) is 0 Å². The molecule has 0 aromatic rings. The van der Waals surface area contributed by atoms with Gasteiger partial charge >= 0.3 is 0 Å². The Balaban J connectivity index is 2.33. The van der Waals surface area contributed by atoms with Crippen LogP contribution >= 0.6 is 0 Å². The van der Waals surface area contributed by atoms with E-state index in [1.54, 1.807) is 5.92 Å². The molecule has 0 nitrogen and oxygen atoms in total. The molecule has 1 atom stereocenters. The van der Waals surface area contributed by atoms with E-state index in [4.69, 9.17) is 6.42 Å². The van der Waals surface area contributed by atoms with Crippen LogP contribution in [0.1, 0.15) is 39.0 Å². The summed E-state index contributed by atoms with van der Waals surface area (Å²) in [6.45, 7) is 2.14. The summed E-state index contributed by atoms with van der Waals surface area (Å²) < 4.78 is 0. The van der Waals surface area contributed by atoms with Gasteiger partial charge in [0.05, 0.1) is 0 Å². The van der Waals surface area contributed by atoms with Gasteiger partial charge in [-0.25, -0.2) is 0 Å². The summed E-state index contributed by atoms with van der Waals surface area (Å²) in [5.74, 6) is 4.83. The molecule has 0 aliphatic heterocycles. The highest BCUT2D eigenvalue weighted by molar-refractivity contribution is 5.09.